The molecule has 4 unspecified atom stereocenters. The fraction of sp³-hybridized carbons (Fsp3) is 0.800. The average Bonchev–Trinajstić information content (AvgIpc) is 2.53. The SMILES string of the molecule is C=CC1CC(/C=C/C)O[Si](C)(C)O1.CCCC1CC(CC)O[Si](C)(C)O1. The first-order chi connectivity index (χ1) is 12.1. The zero-order valence-corrected chi connectivity index (χ0v) is 19.9. The molecule has 0 radical (unpaired) electrons. The van der Waals surface area contributed by atoms with Crippen molar-refractivity contribution in [3.8, 4) is 0 Å². The highest BCUT2D eigenvalue weighted by molar-refractivity contribution is 6.65. The van der Waals surface area contributed by atoms with Crippen molar-refractivity contribution >= 4 is 17.1 Å². The molecule has 2 aliphatic rings. The molecule has 0 saturated carbocycles. The van der Waals surface area contributed by atoms with E-state index in [4.69, 9.17) is 17.7 Å². The fourth-order valence-corrected chi connectivity index (χ4v) is 7.55. The van der Waals surface area contributed by atoms with Gasteiger partial charge in [-0.3, -0.25) is 0 Å². The van der Waals surface area contributed by atoms with E-state index >= 15 is 0 Å². The Morgan fingerprint density at radius 3 is 2.00 bits per heavy atom. The molecule has 2 aliphatic heterocycles. The van der Waals surface area contributed by atoms with Crippen LogP contribution in [-0.4, -0.2) is 41.5 Å². The van der Waals surface area contributed by atoms with Gasteiger partial charge in [-0.2, -0.15) is 0 Å². The van der Waals surface area contributed by atoms with E-state index in [1.165, 1.54) is 12.8 Å². The standard InChI is InChI=1S/C10H22O2Si.C10H18O2Si/c2*1-5-7-10-8-9(6-2)11-13(3,4)12-10/h9-10H,5-8H2,1-4H3;5-7,9-10H,2,8H2,1,3-4H3/b;7-5+. The molecule has 152 valence electrons. The van der Waals surface area contributed by atoms with Crippen molar-refractivity contribution < 1.29 is 17.7 Å². The third-order valence-corrected chi connectivity index (χ3v) is 8.04. The molecule has 2 rings (SSSR count). The zero-order valence-electron chi connectivity index (χ0n) is 17.9. The summed E-state index contributed by atoms with van der Waals surface area (Å²) in [6.07, 6.45) is 12.8. The Morgan fingerprint density at radius 2 is 1.46 bits per heavy atom. The van der Waals surface area contributed by atoms with Crippen LogP contribution in [0.4, 0.5) is 0 Å². The van der Waals surface area contributed by atoms with Crippen LogP contribution in [0.25, 0.3) is 0 Å². The summed E-state index contributed by atoms with van der Waals surface area (Å²) in [6, 6.07) is 0. The molecule has 2 heterocycles. The molecule has 0 aliphatic carbocycles. The van der Waals surface area contributed by atoms with Gasteiger partial charge in [-0.1, -0.05) is 38.5 Å². The molecular formula is C20H40O4Si2. The van der Waals surface area contributed by atoms with Crippen molar-refractivity contribution in [3.05, 3.63) is 24.8 Å². The smallest absolute Gasteiger partial charge is 0.332 e. The van der Waals surface area contributed by atoms with Crippen LogP contribution in [0.3, 0.4) is 0 Å². The Kier molecular flexibility index (Phi) is 10.00. The molecule has 2 saturated heterocycles. The first kappa shape index (κ1) is 23.8. The maximum atomic E-state index is 5.96. The van der Waals surface area contributed by atoms with Crippen LogP contribution in [0.1, 0.15) is 52.9 Å². The van der Waals surface area contributed by atoms with Crippen molar-refractivity contribution in [1.82, 2.24) is 0 Å². The van der Waals surface area contributed by atoms with Gasteiger partial charge >= 0.3 is 17.1 Å². The molecule has 0 spiro atoms. The van der Waals surface area contributed by atoms with E-state index in [1.54, 1.807) is 0 Å². The molecule has 0 aromatic carbocycles. The molecule has 0 aromatic rings. The number of hydrogen-bond donors (Lipinski definition) is 0. The zero-order chi connectivity index (χ0) is 19.8. The van der Waals surface area contributed by atoms with E-state index in [9.17, 15) is 0 Å². The Hall–Kier alpha value is -0.246. The first-order valence-corrected chi connectivity index (χ1v) is 15.7. The second kappa shape index (κ2) is 10.9. The summed E-state index contributed by atoms with van der Waals surface area (Å²) in [5.74, 6) is 0. The summed E-state index contributed by atoms with van der Waals surface area (Å²) in [7, 11) is -3.67. The highest BCUT2D eigenvalue weighted by Gasteiger charge is 2.37. The lowest BCUT2D eigenvalue weighted by Gasteiger charge is -2.39. The van der Waals surface area contributed by atoms with Gasteiger partial charge in [0.1, 0.15) is 0 Å². The van der Waals surface area contributed by atoms with E-state index < -0.39 is 17.1 Å². The Morgan fingerprint density at radius 1 is 0.885 bits per heavy atom. The second-order valence-corrected chi connectivity index (χ2v) is 14.6. The molecule has 4 nitrogen and oxygen atoms in total. The van der Waals surface area contributed by atoms with Crippen LogP contribution in [0.15, 0.2) is 24.8 Å². The summed E-state index contributed by atoms with van der Waals surface area (Å²) < 4.78 is 23.5. The lowest BCUT2D eigenvalue weighted by Crippen LogP contribution is -2.48. The summed E-state index contributed by atoms with van der Waals surface area (Å²) in [6.45, 7) is 18.6. The van der Waals surface area contributed by atoms with Gasteiger partial charge in [0.15, 0.2) is 0 Å². The van der Waals surface area contributed by atoms with Crippen molar-refractivity contribution in [3.63, 3.8) is 0 Å². The predicted octanol–water partition coefficient (Wildman–Crippen LogP) is 5.70. The molecule has 0 aromatic heterocycles. The highest BCUT2D eigenvalue weighted by Crippen LogP contribution is 2.27. The summed E-state index contributed by atoms with van der Waals surface area (Å²) in [4.78, 5) is 0. The minimum Gasteiger partial charge on any atom is -0.391 e. The van der Waals surface area contributed by atoms with Crippen molar-refractivity contribution in [2.45, 2.75) is 103 Å². The van der Waals surface area contributed by atoms with Crippen LogP contribution in [0.5, 0.6) is 0 Å². The van der Waals surface area contributed by atoms with Crippen LogP contribution >= 0.6 is 0 Å². The van der Waals surface area contributed by atoms with Crippen LogP contribution in [0, 0.1) is 0 Å². The lowest BCUT2D eigenvalue weighted by molar-refractivity contribution is -0.00108. The van der Waals surface area contributed by atoms with Gasteiger partial charge in [0, 0.05) is 18.6 Å². The van der Waals surface area contributed by atoms with E-state index in [0.29, 0.717) is 12.2 Å². The molecule has 0 bridgehead atoms. The van der Waals surface area contributed by atoms with Crippen LogP contribution < -0.4 is 0 Å². The van der Waals surface area contributed by atoms with Crippen molar-refractivity contribution in [1.29, 1.82) is 0 Å². The minimum absolute atomic E-state index is 0.164. The first-order valence-electron chi connectivity index (χ1n) is 10.1. The normalized spacial score (nSPS) is 33.3. The molecule has 6 heteroatoms. The summed E-state index contributed by atoms with van der Waals surface area (Å²) in [5, 5.41) is 0. The van der Waals surface area contributed by atoms with Crippen LogP contribution in [0.2, 0.25) is 26.2 Å². The topological polar surface area (TPSA) is 36.9 Å². The summed E-state index contributed by atoms with van der Waals surface area (Å²) >= 11 is 0. The number of hydrogen-bond acceptors (Lipinski definition) is 4. The van der Waals surface area contributed by atoms with Gasteiger partial charge < -0.3 is 17.7 Å². The second-order valence-electron chi connectivity index (χ2n) is 8.02. The fourth-order valence-electron chi connectivity index (χ4n) is 3.53. The molecule has 2 fully saturated rings. The molecule has 0 amide bonds. The Bertz CT molecular complexity index is 451. The van der Waals surface area contributed by atoms with Crippen LogP contribution in [-0.2, 0) is 17.7 Å². The average molecular weight is 401 g/mol. The van der Waals surface area contributed by atoms with Crippen molar-refractivity contribution in [2.24, 2.45) is 0 Å². The van der Waals surface area contributed by atoms with Gasteiger partial charge in [-0.15, -0.1) is 6.58 Å². The predicted molar refractivity (Wildman–Crippen MR) is 114 cm³/mol. The minimum atomic E-state index is -1.90. The molecule has 0 N–H and O–H groups in total. The quantitative estimate of drug-likeness (QED) is 0.438. The van der Waals surface area contributed by atoms with Gasteiger partial charge in [-0.05, 0) is 52.4 Å². The summed E-state index contributed by atoms with van der Waals surface area (Å²) in [5.41, 5.74) is 0. The van der Waals surface area contributed by atoms with E-state index in [-0.39, 0.29) is 12.2 Å². The maximum absolute atomic E-state index is 5.96. The van der Waals surface area contributed by atoms with E-state index in [1.807, 2.05) is 19.1 Å². The largest absolute Gasteiger partial charge is 0.391 e. The monoisotopic (exact) mass is 400 g/mol. The number of rotatable bonds is 5. The third kappa shape index (κ3) is 8.63. The number of allylic oxidation sites excluding steroid dienone is 1. The van der Waals surface area contributed by atoms with Gasteiger partial charge in [-0.25, -0.2) is 0 Å². The third-order valence-electron chi connectivity index (χ3n) is 4.50. The Balaban J connectivity index is 0.000000260. The molecule has 26 heavy (non-hydrogen) atoms. The van der Waals surface area contributed by atoms with E-state index in [0.717, 1.165) is 19.3 Å². The van der Waals surface area contributed by atoms with Gasteiger partial charge in [0.25, 0.3) is 0 Å². The van der Waals surface area contributed by atoms with Gasteiger partial charge in [0.2, 0.25) is 0 Å². The maximum Gasteiger partial charge on any atom is 0.332 e. The Labute approximate surface area is 163 Å². The van der Waals surface area contributed by atoms with E-state index in [2.05, 4.69) is 52.7 Å². The lowest BCUT2D eigenvalue weighted by atomic mass is 10.1. The van der Waals surface area contributed by atoms with Crippen molar-refractivity contribution in [2.75, 3.05) is 0 Å². The molecule has 4 atom stereocenters. The molecular weight excluding hydrogens is 360 g/mol. The van der Waals surface area contributed by atoms with Gasteiger partial charge in [0.05, 0.1) is 12.2 Å². The highest BCUT2D eigenvalue weighted by atomic mass is 28.4.